The Morgan fingerprint density at radius 2 is 1.69 bits per heavy atom. The van der Waals surface area contributed by atoms with Crippen molar-refractivity contribution in [3.8, 4) is 17.1 Å². The molecule has 3 nitrogen and oxygen atoms in total. The molecule has 4 rings (SSSR count). The minimum absolute atomic E-state index is 0.725. The van der Waals surface area contributed by atoms with Gasteiger partial charge in [0.15, 0.2) is 0 Å². The van der Waals surface area contributed by atoms with Gasteiger partial charge in [0, 0.05) is 16.6 Å². The molecule has 0 aliphatic heterocycles. The van der Waals surface area contributed by atoms with Gasteiger partial charge < -0.3 is 9.30 Å². The minimum atomic E-state index is 0.725. The van der Waals surface area contributed by atoms with Crippen LogP contribution in [-0.2, 0) is 6.54 Å². The van der Waals surface area contributed by atoms with E-state index in [-0.39, 0.29) is 0 Å². The van der Waals surface area contributed by atoms with Crippen LogP contribution in [0.1, 0.15) is 24.0 Å². The number of imidazole rings is 1. The number of nitrogens with zero attached hydrogens (tertiary/aromatic N) is 2. The third-order valence-corrected chi connectivity index (χ3v) is 5.81. The number of unbranched alkanes of at least 4 members (excludes halogenated alkanes) is 1. The van der Waals surface area contributed by atoms with Crippen molar-refractivity contribution in [2.24, 2.45) is 0 Å². The van der Waals surface area contributed by atoms with Gasteiger partial charge in [0.2, 0.25) is 0 Å². The molecule has 0 unspecified atom stereocenters. The summed E-state index contributed by atoms with van der Waals surface area (Å²) in [4.78, 5) is 4.89. The second-order valence-electron chi connectivity index (χ2n) is 7.38. The van der Waals surface area contributed by atoms with Gasteiger partial charge in [0.1, 0.15) is 11.6 Å². The van der Waals surface area contributed by atoms with Crippen molar-refractivity contribution in [1.82, 2.24) is 9.55 Å². The van der Waals surface area contributed by atoms with Gasteiger partial charge in [-0.3, -0.25) is 0 Å². The SMILES string of the molecule is Cc1ccc(OCCCCn2c(-c3ccc(Br)cc3)nc3ccccc32)cc1C. The summed E-state index contributed by atoms with van der Waals surface area (Å²) in [5.74, 6) is 1.98. The largest absolute Gasteiger partial charge is 0.494 e. The quantitative estimate of drug-likeness (QED) is 0.286. The molecule has 29 heavy (non-hydrogen) atoms. The Hall–Kier alpha value is -2.59. The summed E-state index contributed by atoms with van der Waals surface area (Å²) in [5, 5.41) is 0. The summed E-state index contributed by atoms with van der Waals surface area (Å²) >= 11 is 3.52. The highest BCUT2D eigenvalue weighted by Gasteiger charge is 2.12. The predicted molar refractivity (Wildman–Crippen MR) is 124 cm³/mol. The van der Waals surface area contributed by atoms with E-state index in [1.165, 1.54) is 16.6 Å². The lowest BCUT2D eigenvalue weighted by atomic mass is 10.1. The molecule has 3 aromatic carbocycles. The molecule has 0 aliphatic rings. The number of fused-ring (bicyclic) bond motifs is 1. The van der Waals surface area contributed by atoms with E-state index >= 15 is 0 Å². The number of ether oxygens (including phenoxy) is 1. The molecule has 1 heterocycles. The lowest BCUT2D eigenvalue weighted by Gasteiger charge is -2.11. The standard InChI is InChI=1S/C25H25BrN2O/c1-18-9-14-22(17-19(18)2)29-16-6-5-15-28-24-8-4-3-7-23(24)27-25(28)20-10-12-21(26)13-11-20/h3-4,7-14,17H,5-6,15-16H2,1-2H3. The highest BCUT2D eigenvalue weighted by molar-refractivity contribution is 9.10. The van der Waals surface area contributed by atoms with E-state index in [0.29, 0.717) is 0 Å². The molecule has 0 spiro atoms. The smallest absolute Gasteiger partial charge is 0.141 e. The van der Waals surface area contributed by atoms with Crippen LogP contribution in [0.5, 0.6) is 5.75 Å². The molecule has 0 radical (unpaired) electrons. The van der Waals surface area contributed by atoms with E-state index in [1.807, 2.05) is 6.07 Å². The first-order valence-electron chi connectivity index (χ1n) is 10.0. The van der Waals surface area contributed by atoms with Crippen molar-refractivity contribution in [2.45, 2.75) is 33.2 Å². The minimum Gasteiger partial charge on any atom is -0.494 e. The monoisotopic (exact) mass is 448 g/mol. The predicted octanol–water partition coefficient (Wildman–Crippen LogP) is 6.94. The number of halogens is 1. The van der Waals surface area contributed by atoms with E-state index in [1.54, 1.807) is 0 Å². The van der Waals surface area contributed by atoms with Crippen LogP contribution in [0.15, 0.2) is 71.2 Å². The van der Waals surface area contributed by atoms with Crippen molar-refractivity contribution in [1.29, 1.82) is 0 Å². The number of para-hydroxylation sites is 2. The fourth-order valence-corrected chi connectivity index (χ4v) is 3.75. The fourth-order valence-electron chi connectivity index (χ4n) is 3.49. The Morgan fingerprint density at radius 1 is 0.897 bits per heavy atom. The lowest BCUT2D eigenvalue weighted by molar-refractivity contribution is 0.303. The molecular formula is C25H25BrN2O. The van der Waals surface area contributed by atoms with Crippen molar-refractivity contribution in [3.05, 3.63) is 82.3 Å². The maximum atomic E-state index is 5.95. The van der Waals surface area contributed by atoms with E-state index < -0.39 is 0 Å². The van der Waals surface area contributed by atoms with Gasteiger partial charge in [0.25, 0.3) is 0 Å². The topological polar surface area (TPSA) is 27.1 Å². The second kappa shape index (κ2) is 8.83. The summed E-state index contributed by atoms with van der Waals surface area (Å²) in [6, 6.07) is 23.0. The van der Waals surface area contributed by atoms with Gasteiger partial charge in [-0.15, -0.1) is 0 Å². The van der Waals surface area contributed by atoms with Crippen molar-refractivity contribution in [2.75, 3.05) is 6.61 Å². The van der Waals surface area contributed by atoms with Crippen LogP contribution in [0.3, 0.4) is 0 Å². The third-order valence-electron chi connectivity index (χ3n) is 5.28. The Kier molecular flexibility index (Phi) is 6.00. The van der Waals surface area contributed by atoms with E-state index in [9.17, 15) is 0 Å². The zero-order chi connectivity index (χ0) is 20.2. The average Bonchev–Trinajstić information content (AvgIpc) is 3.09. The molecule has 0 N–H and O–H groups in total. The first-order valence-corrected chi connectivity index (χ1v) is 10.8. The first-order chi connectivity index (χ1) is 14.1. The zero-order valence-corrected chi connectivity index (χ0v) is 18.4. The molecule has 0 aliphatic carbocycles. The second-order valence-corrected chi connectivity index (χ2v) is 8.30. The Balaban J connectivity index is 1.45. The number of hydrogen-bond donors (Lipinski definition) is 0. The maximum Gasteiger partial charge on any atom is 0.141 e. The molecule has 0 fully saturated rings. The van der Waals surface area contributed by atoms with Gasteiger partial charge in [-0.05, 0) is 74.2 Å². The zero-order valence-electron chi connectivity index (χ0n) is 16.9. The molecular weight excluding hydrogens is 424 g/mol. The van der Waals surface area contributed by atoms with Gasteiger partial charge in [-0.1, -0.05) is 46.3 Å². The number of aromatic nitrogens is 2. The van der Waals surface area contributed by atoms with E-state index in [0.717, 1.165) is 53.1 Å². The van der Waals surface area contributed by atoms with Crippen molar-refractivity contribution < 1.29 is 4.74 Å². The van der Waals surface area contributed by atoms with Gasteiger partial charge in [-0.2, -0.15) is 0 Å². The summed E-state index contributed by atoms with van der Waals surface area (Å²) in [5.41, 5.74) is 5.92. The van der Waals surface area contributed by atoms with E-state index in [4.69, 9.17) is 9.72 Å². The molecule has 0 atom stereocenters. The van der Waals surface area contributed by atoms with Crippen LogP contribution in [0.2, 0.25) is 0 Å². The average molecular weight is 449 g/mol. The number of rotatable bonds is 7. The molecule has 4 aromatic rings. The van der Waals surface area contributed by atoms with Gasteiger partial charge >= 0.3 is 0 Å². The van der Waals surface area contributed by atoms with Crippen LogP contribution in [0.4, 0.5) is 0 Å². The molecule has 1 aromatic heterocycles. The summed E-state index contributed by atoms with van der Waals surface area (Å²) in [7, 11) is 0. The molecule has 0 saturated heterocycles. The Bertz CT molecular complexity index is 1120. The van der Waals surface area contributed by atoms with Gasteiger partial charge in [-0.25, -0.2) is 4.98 Å². The Morgan fingerprint density at radius 3 is 2.48 bits per heavy atom. The normalized spacial score (nSPS) is 11.1. The summed E-state index contributed by atoms with van der Waals surface area (Å²) in [6.45, 7) is 5.89. The van der Waals surface area contributed by atoms with Gasteiger partial charge in [0.05, 0.1) is 17.6 Å². The fraction of sp³-hybridized carbons (Fsp3) is 0.240. The summed E-state index contributed by atoms with van der Waals surface area (Å²) in [6.07, 6.45) is 2.04. The van der Waals surface area contributed by atoms with Crippen LogP contribution >= 0.6 is 15.9 Å². The van der Waals surface area contributed by atoms with Crippen molar-refractivity contribution in [3.63, 3.8) is 0 Å². The third kappa shape index (κ3) is 4.54. The summed E-state index contributed by atoms with van der Waals surface area (Å²) < 4.78 is 9.35. The highest BCUT2D eigenvalue weighted by Crippen LogP contribution is 2.26. The first kappa shape index (κ1) is 19.7. The molecule has 0 saturated carbocycles. The molecule has 0 amide bonds. The number of benzene rings is 3. The Labute approximate surface area is 180 Å². The molecule has 0 bridgehead atoms. The van der Waals surface area contributed by atoms with Crippen LogP contribution in [0.25, 0.3) is 22.4 Å². The lowest BCUT2D eigenvalue weighted by Crippen LogP contribution is -2.04. The van der Waals surface area contributed by atoms with E-state index in [2.05, 4.69) is 95.0 Å². The molecule has 4 heteroatoms. The van der Waals surface area contributed by atoms with Crippen LogP contribution < -0.4 is 4.74 Å². The number of aryl methyl sites for hydroxylation is 3. The van der Waals surface area contributed by atoms with Crippen molar-refractivity contribution >= 4 is 27.0 Å². The maximum absolute atomic E-state index is 5.95. The molecule has 148 valence electrons. The number of hydrogen-bond acceptors (Lipinski definition) is 2. The van der Waals surface area contributed by atoms with Crippen LogP contribution in [0, 0.1) is 13.8 Å². The van der Waals surface area contributed by atoms with Crippen LogP contribution in [-0.4, -0.2) is 16.2 Å². The highest BCUT2D eigenvalue weighted by atomic mass is 79.9.